The van der Waals surface area contributed by atoms with Gasteiger partial charge in [-0.1, -0.05) is 24.4 Å². The van der Waals surface area contributed by atoms with E-state index in [4.69, 9.17) is 16.4 Å². The molecule has 0 bridgehead atoms. The number of hydroxylamine groups is 1. The number of nitrogens with one attached hydrogen (secondary N) is 1. The molecule has 0 saturated heterocycles. The van der Waals surface area contributed by atoms with Gasteiger partial charge in [-0.3, -0.25) is 19.7 Å². The SMILES string of the molecule is O=C(NOC1CCCC1)c1cc([N+](=O)[O-])cnc1Cl. The van der Waals surface area contributed by atoms with Crippen molar-refractivity contribution < 1.29 is 14.6 Å². The lowest BCUT2D eigenvalue weighted by Crippen LogP contribution is -2.28. The van der Waals surface area contributed by atoms with Crippen molar-refractivity contribution in [3.8, 4) is 0 Å². The Hall–Kier alpha value is -1.73. The summed E-state index contributed by atoms with van der Waals surface area (Å²) in [6.07, 6.45) is 4.91. The lowest BCUT2D eigenvalue weighted by Gasteiger charge is -2.11. The number of nitrogens with zero attached hydrogens (tertiary/aromatic N) is 2. The monoisotopic (exact) mass is 285 g/mol. The molecule has 1 fully saturated rings. The van der Waals surface area contributed by atoms with Gasteiger partial charge in [0.05, 0.1) is 16.6 Å². The molecule has 2 rings (SSSR count). The first-order valence-corrected chi connectivity index (χ1v) is 6.21. The Bertz CT molecular complexity index is 503. The number of carbonyl (C=O) groups is 1. The van der Waals surface area contributed by atoms with Crippen LogP contribution in [0, 0.1) is 10.1 Å². The van der Waals surface area contributed by atoms with E-state index in [9.17, 15) is 14.9 Å². The van der Waals surface area contributed by atoms with Crippen LogP contribution in [0.1, 0.15) is 36.0 Å². The van der Waals surface area contributed by atoms with Gasteiger partial charge in [-0.15, -0.1) is 0 Å². The maximum absolute atomic E-state index is 11.8. The maximum atomic E-state index is 11.8. The van der Waals surface area contributed by atoms with Crippen molar-refractivity contribution in [2.24, 2.45) is 0 Å². The molecule has 0 aliphatic heterocycles. The van der Waals surface area contributed by atoms with E-state index >= 15 is 0 Å². The van der Waals surface area contributed by atoms with E-state index < -0.39 is 10.8 Å². The summed E-state index contributed by atoms with van der Waals surface area (Å²) in [6.45, 7) is 0. The summed E-state index contributed by atoms with van der Waals surface area (Å²) in [7, 11) is 0. The van der Waals surface area contributed by atoms with Gasteiger partial charge in [-0.05, 0) is 12.8 Å². The minimum Gasteiger partial charge on any atom is -0.270 e. The summed E-state index contributed by atoms with van der Waals surface area (Å²) in [5.74, 6) is -0.631. The Morgan fingerprint density at radius 2 is 2.21 bits per heavy atom. The van der Waals surface area contributed by atoms with E-state index in [1.165, 1.54) is 0 Å². The predicted molar refractivity (Wildman–Crippen MR) is 66.7 cm³/mol. The summed E-state index contributed by atoms with van der Waals surface area (Å²) in [5, 5.41) is 10.5. The number of rotatable bonds is 4. The largest absolute Gasteiger partial charge is 0.288 e. The van der Waals surface area contributed by atoms with Gasteiger partial charge >= 0.3 is 0 Å². The lowest BCUT2D eigenvalue weighted by atomic mass is 10.2. The number of aromatic nitrogens is 1. The smallest absolute Gasteiger partial charge is 0.270 e. The molecule has 1 N–H and O–H groups in total. The minimum absolute atomic E-state index is 0.00520. The van der Waals surface area contributed by atoms with Crippen molar-refractivity contribution in [2.75, 3.05) is 0 Å². The first-order chi connectivity index (χ1) is 9.08. The van der Waals surface area contributed by atoms with E-state index in [0.717, 1.165) is 37.9 Å². The molecular weight excluding hydrogens is 274 g/mol. The maximum Gasteiger partial charge on any atom is 0.288 e. The highest BCUT2D eigenvalue weighted by atomic mass is 35.5. The number of halogens is 1. The van der Waals surface area contributed by atoms with Crippen molar-refractivity contribution >= 4 is 23.2 Å². The number of nitro groups is 1. The van der Waals surface area contributed by atoms with Gasteiger partial charge in [0.25, 0.3) is 11.6 Å². The van der Waals surface area contributed by atoms with E-state index in [-0.39, 0.29) is 22.5 Å². The number of carbonyl (C=O) groups excluding carboxylic acids is 1. The molecule has 19 heavy (non-hydrogen) atoms. The van der Waals surface area contributed by atoms with Gasteiger partial charge in [-0.2, -0.15) is 0 Å². The second kappa shape index (κ2) is 5.94. The Kier molecular flexibility index (Phi) is 4.28. The summed E-state index contributed by atoms with van der Waals surface area (Å²) >= 11 is 5.74. The van der Waals surface area contributed by atoms with Crippen molar-refractivity contribution in [3.05, 3.63) is 33.1 Å². The zero-order valence-electron chi connectivity index (χ0n) is 9.97. The molecule has 0 spiro atoms. The van der Waals surface area contributed by atoms with E-state index in [0.29, 0.717) is 0 Å². The van der Waals surface area contributed by atoms with Crippen LogP contribution in [0.4, 0.5) is 5.69 Å². The molecule has 0 atom stereocenters. The molecule has 1 aliphatic rings. The van der Waals surface area contributed by atoms with Crippen LogP contribution in [-0.2, 0) is 4.84 Å². The fourth-order valence-electron chi connectivity index (χ4n) is 1.89. The summed E-state index contributed by atoms with van der Waals surface area (Å²) in [4.78, 5) is 30.6. The van der Waals surface area contributed by atoms with Crippen molar-refractivity contribution in [2.45, 2.75) is 31.8 Å². The van der Waals surface area contributed by atoms with Crippen LogP contribution in [-0.4, -0.2) is 21.9 Å². The Morgan fingerprint density at radius 1 is 1.53 bits per heavy atom. The fourth-order valence-corrected chi connectivity index (χ4v) is 2.08. The van der Waals surface area contributed by atoms with Gasteiger partial charge in [0.1, 0.15) is 11.3 Å². The van der Waals surface area contributed by atoms with Gasteiger partial charge in [0.2, 0.25) is 0 Å². The molecule has 102 valence electrons. The lowest BCUT2D eigenvalue weighted by molar-refractivity contribution is -0.385. The molecule has 0 unspecified atom stereocenters. The molecule has 8 heteroatoms. The molecule has 0 radical (unpaired) electrons. The summed E-state index contributed by atoms with van der Waals surface area (Å²) in [6, 6.07) is 1.07. The Morgan fingerprint density at radius 3 is 2.84 bits per heavy atom. The summed E-state index contributed by atoms with van der Waals surface area (Å²) in [5.41, 5.74) is 1.89. The quantitative estimate of drug-likeness (QED) is 0.520. The van der Waals surface area contributed by atoms with Crippen LogP contribution < -0.4 is 5.48 Å². The van der Waals surface area contributed by atoms with Crippen molar-refractivity contribution in [1.29, 1.82) is 0 Å². The topological polar surface area (TPSA) is 94.4 Å². The zero-order valence-corrected chi connectivity index (χ0v) is 10.7. The predicted octanol–water partition coefficient (Wildman–Crippen LogP) is 2.25. The van der Waals surface area contributed by atoms with Crippen molar-refractivity contribution in [3.63, 3.8) is 0 Å². The highest BCUT2D eigenvalue weighted by molar-refractivity contribution is 6.32. The standard InChI is InChI=1S/C11H12ClN3O4/c12-10-9(5-7(6-13-10)15(17)18)11(16)14-19-8-3-1-2-4-8/h5-6,8H,1-4H2,(H,14,16). The van der Waals surface area contributed by atoms with Crippen LogP contribution >= 0.6 is 11.6 Å². The normalized spacial score (nSPS) is 15.4. The number of pyridine rings is 1. The first-order valence-electron chi connectivity index (χ1n) is 5.84. The second-order valence-electron chi connectivity index (χ2n) is 4.24. The van der Waals surface area contributed by atoms with Gasteiger partial charge < -0.3 is 0 Å². The molecule has 1 aromatic rings. The molecule has 1 heterocycles. The molecule has 1 aromatic heterocycles. The molecule has 0 aromatic carbocycles. The van der Waals surface area contributed by atoms with Crippen LogP contribution in [0.15, 0.2) is 12.3 Å². The van der Waals surface area contributed by atoms with Crippen LogP contribution in [0.25, 0.3) is 0 Å². The number of amides is 1. The third kappa shape index (κ3) is 3.39. The van der Waals surface area contributed by atoms with Crippen LogP contribution in [0.3, 0.4) is 0 Å². The molecule has 7 nitrogen and oxygen atoms in total. The van der Waals surface area contributed by atoms with E-state index in [1.807, 2.05) is 0 Å². The van der Waals surface area contributed by atoms with E-state index in [2.05, 4.69) is 10.5 Å². The van der Waals surface area contributed by atoms with Gasteiger partial charge in [0, 0.05) is 6.07 Å². The molecule has 1 aliphatic carbocycles. The highest BCUT2D eigenvalue weighted by Gasteiger charge is 2.20. The Balaban J connectivity index is 2.04. The van der Waals surface area contributed by atoms with Gasteiger partial charge in [-0.25, -0.2) is 10.5 Å². The van der Waals surface area contributed by atoms with Crippen LogP contribution in [0.2, 0.25) is 5.15 Å². The Labute approximate surface area is 114 Å². The second-order valence-corrected chi connectivity index (χ2v) is 4.60. The molecule has 1 saturated carbocycles. The average Bonchev–Trinajstić information content (AvgIpc) is 2.89. The number of hydrogen-bond donors (Lipinski definition) is 1. The summed E-state index contributed by atoms with van der Waals surface area (Å²) < 4.78 is 0. The first kappa shape index (κ1) is 13.7. The minimum atomic E-state index is -0.641. The fraction of sp³-hybridized carbons (Fsp3) is 0.455. The van der Waals surface area contributed by atoms with Crippen molar-refractivity contribution in [1.82, 2.24) is 10.5 Å². The highest BCUT2D eigenvalue weighted by Crippen LogP contribution is 2.21. The van der Waals surface area contributed by atoms with E-state index in [1.54, 1.807) is 0 Å². The van der Waals surface area contributed by atoms with Gasteiger partial charge in [0.15, 0.2) is 0 Å². The number of hydrogen-bond acceptors (Lipinski definition) is 5. The molecular formula is C11H12ClN3O4. The third-order valence-electron chi connectivity index (χ3n) is 2.90. The molecule has 1 amide bonds. The van der Waals surface area contributed by atoms with Crippen LogP contribution in [0.5, 0.6) is 0 Å². The average molecular weight is 286 g/mol. The third-order valence-corrected chi connectivity index (χ3v) is 3.20. The zero-order chi connectivity index (χ0) is 13.8.